The smallest absolute Gasteiger partial charge is 0.355 e. The minimum Gasteiger partial charge on any atom is -0.453 e. The lowest BCUT2D eigenvalue weighted by atomic mass is 10.1. The van der Waals surface area contributed by atoms with Gasteiger partial charge in [0.1, 0.15) is 22.4 Å². The van der Waals surface area contributed by atoms with Crippen molar-refractivity contribution < 1.29 is 19.1 Å². The number of ketones is 2. The van der Waals surface area contributed by atoms with E-state index in [1.165, 1.54) is 18.7 Å². The first-order valence-electron chi connectivity index (χ1n) is 8.81. The third-order valence-electron chi connectivity index (χ3n) is 4.67. The number of Topliss-reactive ketones (excluding diaryl/α,β-unsaturated/α-hetero) is 2. The van der Waals surface area contributed by atoms with Gasteiger partial charge in [0, 0.05) is 23.2 Å². The second-order valence-corrected chi connectivity index (χ2v) is 7.63. The number of carbonyl (C=O) groups is 3. The van der Waals surface area contributed by atoms with Crippen LogP contribution < -0.4 is 4.90 Å². The summed E-state index contributed by atoms with van der Waals surface area (Å²) in [4.78, 5) is 42.3. The summed E-state index contributed by atoms with van der Waals surface area (Å²) in [6.07, 6.45) is 0. The summed E-state index contributed by atoms with van der Waals surface area (Å²) in [6, 6.07) is 9.51. The molecule has 3 rings (SSSR count). The fourth-order valence-electron chi connectivity index (χ4n) is 3.31. The van der Waals surface area contributed by atoms with Crippen LogP contribution in [-0.4, -0.2) is 36.2 Å². The van der Waals surface area contributed by atoms with Crippen molar-refractivity contribution in [1.82, 2.24) is 4.98 Å². The summed E-state index contributed by atoms with van der Waals surface area (Å²) in [5, 5.41) is 10.0. The fourth-order valence-corrected chi connectivity index (χ4v) is 4.47. The summed E-state index contributed by atoms with van der Waals surface area (Å²) in [7, 11) is 1.78. The normalized spacial score (nSPS) is 14.2. The molecule has 1 aromatic heterocycles. The number of rotatable bonds is 5. The Balaban J connectivity index is 1.77. The van der Waals surface area contributed by atoms with Crippen molar-refractivity contribution >= 4 is 35.0 Å². The van der Waals surface area contributed by atoms with Crippen LogP contribution in [0.3, 0.4) is 0 Å². The van der Waals surface area contributed by atoms with Gasteiger partial charge in [0.05, 0.1) is 5.69 Å². The average molecular weight is 409 g/mol. The summed E-state index contributed by atoms with van der Waals surface area (Å²) >= 11 is 1.32. The van der Waals surface area contributed by atoms with E-state index < -0.39 is 18.4 Å². The summed E-state index contributed by atoms with van der Waals surface area (Å²) < 4.78 is 5.13. The summed E-state index contributed by atoms with van der Waals surface area (Å²) in [5.74, 6) is -1.50. The number of hydrogen-bond acceptors (Lipinski definition) is 7. The van der Waals surface area contributed by atoms with Gasteiger partial charge in [0.15, 0.2) is 12.4 Å². The molecule has 1 aromatic carbocycles. The molecule has 1 aliphatic rings. The van der Waals surface area contributed by atoms with Gasteiger partial charge in [-0.05, 0) is 38.5 Å². The van der Waals surface area contributed by atoms with E-state index in [-0.39, 0.29) is 17.1 Å². The Morgan fingerprint density at radius 3 is 2.52 bits per heavy atom. The van der Waals surface area contributed by atoms with Gasteiger partial charge in [0.2, 0.25) is 5.78 Å². The molecule has 7 nitrogen and oxygen atoms in total. The van der Waals surface area contributed by atoms with Gasteiger partial charge in [-0.1, -0.05) is 23.9 Å². The first kappa shape index (κ1) is 20.4. The number of thioether (sulfide) groups is 1. The molecule has 0 saturated heterocycles. The predicted octanol–water partition coefficient (Wildman–Crippen LogP) is 3.54. The molecule has 29 heavy (non-hydrogen) atoms. The lowest BCUT2D eigenvalue weighted by Gasteiger charge is -2.14. The number of anilines is 1. The van der Waals surface area contributed by atoms with Crippen LogP contribution in [-0.2, 0) is 9.53 Å². The highest BCUT2D eigenvalue weighted by molar-refractivity contribution is 8.03. The zero-order valence-electron chi connectivity index (χ0n) is 16.5. The number of hydrogen-bond donors (Lipinski definition) is 1. The highest BCUT2D eigenvalue weighted by atomic mass is 32.2. The Hall–Kier alpha value is -3.31. The maximum Gasteiger partial charge on any atom is 0.355 e. The van der Waals surface area contributed by atoms with Crippen molar-refractivity contribution in [2.75, 3.05) is 18.6 Å². The number of ether oxygens (including phenoxy) is 1. The molecule has 0 amide bonds. The van der Waals surface area contributed by atoms with Gasteiger partial charge in [-0.15, -0.1) is 0 Å². The average Bonchev–Trinajstić information content (AvgIpc) is 3.17. The summed E-state index contributed by atoms with van der Waals surface area (Å²) in [5.41, 5.74) is 2.45. The minimum absolute atomic E-state index is 0.0645. The lowest BCUT2D eigenvalue weighted by Crippen LogP contribution is -2.20. The minimum atomic E-state index is -0.746. The van der Waals surface area contributed by atoms with Crippen LogP contribution in [0.15, 0.2) is 39.8 Å². The van der Waals surface area contributed by atoms with Gasteiger partial charge < -0.3 is 14.6 Å². The van der Waals surface area contributed by atoms with Crippen LogP contribution in [0.25, 0.3) is 0 Å². The number of nitrogens with one attached hydrogen (secondary N) is 1. The molecule has 1 aliphatic heterocycles. The molecule has 0 spiro atoms. The molecule has 2 heterocycles. The number of aromatic nitrogens is 1. The van der Waals surface area contributed by atoms with Gasteiger partial charge in [-0.2, -0.15) is 5.26 Å². The number of aromatic amines is 1. The molecule has 0 unspecified atom stereocenters. The van der Waals surface area contributed by atoms with Crippen LogP contribution in [0.2, 0.25) is 0 Å². The third-order valence-corrected chi connectivity index (χ3v) is 5.91. The molecule has 8 heteroatoms. The predicted molar refractivity (Wildman–Crippen MR) is 109 cm³/mol. The monoisotopic (exact) mass is 409 g/mol. The Morgan fingerprint density at radius 1 is 1.24 bits per heavy atom. The standard InChI is InChI=1S/C21H19N3O4S/c1-11-18(13(3)25)12(2)23-19(11)21(27)28-10-16(26)14(9-22)20-24(4)15-7-5-6-8-17(15)29-20/h5-8,23H,10H2,1-4H3/b20-14-. The highest BCUT2D eigenvalue weighted by Gasteiger charge is 2.29. The number of nitriles is 1. The quantitative estimate of drug-likeness (QED) is 0.349. The van der Waals surface area contributed by atoms with Crippen LogP contribution >= 0.6 is 11.8 Å². The van der Waals surface area contributed by atoms with Gasteiger partial charge in [0.25, 0.3) is 0 Å². The third kappa shape index (κ3) is 3.69. The van der Waals surface area contributed by atoms with Crippen molar-refractivity contribution in [1.29, 1.82) is 5.26 Å². The second-order valence-electron chi connectivity index (χ2n) is 6.60. The number of esters is 1. The molecule has 148 valence electrons. The van der Waals surface area contributed by atoms with Gasteiger partial charge in [-0.25, -0.2) is 4.79 Å². The van der Waals surface area contributed by atoms with E-state index in [0.717, 1.165) is 10.6 Å². The van der Waals surface area contributed by atoms with Crippen LogP contribution in [0.4, 0.5) is 5.69 Å². The molecule has 0 fully saturated rings. The van der Waals surface area contributed by atoms with E-state index in [1.807, 2.05) is 30.3 Å². The van der Waals surface area contributed by atoms with Crippen LogP contribution in [0.1, 0.15) is 39.0 Å². The Kier molecular flexibility index (Phi) is 5.62. The number of fused-ring (bicyclic) bond motifs is 1. The molecular formula is C21H19N3O4S. The highest BCUT2D eigenvalue weighted by Crippen LogP contribution is 2.46. The van der Waals surface area contributed by atoms with Gasteiger partial charge in [-0.3, -0.25) is 9.59 Å². The molecule has 0 radical (unpaired) electrons. The van der Waals surface area contributed by atoms with E-state index in [0.29, 0.717) is 21.8 Å². The lowest BCUT2D eigenvalue weighted by molar-refractivity contribution is -0.118. The van der Waals surface area contributed by atoms with Crippen molar-refractivity contribution in [3.05, 3.63) is 57.4 Å². The van der Waals surface area contributed by atoms with Crippen molar-refractivity contribution in [3.63, 3.8) is 0 Å². The number of H-pyrrole nitrogens is 1. The first-order chi connectivity index (χ1) is 13.8. The second kappa shape index (κ2) is 7.97. The first-order valence-corrected chi connectivity index (χ1v) is 9.63. The molecule has 2 aromatic rings. The number of benzene rings is 1. The number of nitrogens with zero attached hydrogens (tertiary/aromatic N) is 2. The van der Waals surface area contributed by atoms with Crippen LogP contribution in [0, 0.1) is 25.2 Å². The molecule has 0 aliphatic carbocycles. The topological polar surface area (TPSA) is 103 Å². The summed E-state index contributed by atoms with van der Waals surface area (Å²) in [6.45, 7) is 4.18. The van der Waals surface area contributed by atoms with Crippen molar-refractivity contribution in [2.45, 2.75) is 25.7 Å². The molecule has 0 atom stereocenters. The van der Waals surface area contributed by atoms with Crippen molar-refractivity contribution in [3.8, 4) is 6.07 Å². The Morgan fingerprint density at radius 2 is 1.93 bits per heavy atom. The maximum absolute atomic E-state index is 12.6. The van der Waals surface area contributed by atoms with E-state index in [4.69, 9.17) is 4.74 Å². The van der Waals surface area contributed by atoms with Gasteiger partial charge >= 0.3 is 5.97 Å². The molecule has 1 N–H and O–H groups in total. The van der Waals surface area contributed by atoms with Crippen molar-refractivity contribution in [2.24, 2.45) is 0 Å². The van der Waals surface area contributed by atoms with E-state index in [2.05, 4.69) is 4.98 Å². The molecular weight excluding hydrogens is 390 g/mol. The largest absolute Gasteiger partial charge is 0.453 e. The fraction of sp³-hybridized carbons (Fsp3) is 0.238. The number of aryl methyl sites for hydroxylation is 1. The van der Waals surface area contributed by atoms with Crippen LogP contribution in [0.5, 0.6) is 0 Å². The zero-order chi connectivity index (χ0) is 21.3. The maximum atomic E-state index is 12.6. The van der Waals surface area contributed by atoms with E-state index in [9.17, 15) is 19.6 Å². The van der Waals surface area contributed by atoms with E-state index >= 15 is 0 Å². The Bertz CT molecular complexity index is 1110. The molecule has 0 saturated carbocycles. The number of para-hydroxylation sites is 1. The molecule has 0 bridgehead atoms. The van der Waals surface area contributed by atoms with E-state index in [1.54, 1.807) is 25.8 Å². The zero-order valence-corrected chi connectivity index (χ0v) is 17.3. The Labute approximate surface area is 172 Å². The number of carbonyl (C=O) groups excluding carboxylic acids is 3. The SMILES string of the molecule is CC(=O)c1c(C)[nH]c(C(=O)OCC(=O)/C(C#N)=C2\Sc3ccccc3N2C)c1C.